The Labute approximate surface area is 194 Å². The molecule has 3 nitrogen and oxygen atoms in total. The normalized spacial score (nSPS) is 11.9. The lowest BCUT2D eigenvalue weighted by Crippen LogP contribution is -2.26. The molecule has 0 spiro atoms. The molecule has 0 radical (unpaired) electrons. The third-order valence-electron chi connectivity index (χ3n) is 6.21. The van der Waals surface area contributed by atoms with Gasteiger partial charge in [0.15, 0.2) is 0 Å². The zero-order valence-electron chi connectivity index (χ0n) is 18.6. The van der Waals surface area contributed by atoms with Crippen molar-refractivity contribution < 1.29 is 9.53 Å². The molecule has 1 aliphatic carbocycles. The van der Waals surface area contributed by atoms with Crippen molar-refractivity contribution in [2.45, 2.75) is 19.3 Å². The lowest BCUT2D eigenvalue weighted by molar-refractivity contribution is 0.143. The van der Waals surface area contributed by atoms with E-state index >= 15 is 0 Å². The monoisotopic (exact) mass is 431 g/mol. The average Bonchev–Trinajstić information content (AvgIpc) is 3.17. The molecule has 1 amide bonds. The lowest BCUT2D eigenvalue weighted by Gasteiger charge is -2.14. The molecule has 0 fully saturated rings. The summed E-state index contributed by atoms with van der Waals surface area (Å²) in [5.74, 6) is 6.55. The highest BCUT2D eigenvalue weighted by Crippen LogP contribution is 2.44. The number of carbonyl (C=O) groups is 1. The Morgan fingerprint density at radius 3 is 2.30 bits per heavy atom. The molecule has 0 aromatic heterocycles. The number of amides is 1. The van der Waals surface area contributed by atoms with Crippen molar-refractivity contribution in [3.05, 3.63) is 107 Å². The highest BCUT2D eigenvalue weighted by Gasteiger charge is 2.28. The van der Waals surface area contributed by atoms with E-state index < -0.39 is 6.09 Å². The summed E-state index contributed by atoms with van der Waals surface area (Å²) >= 11 is 0. The summed E-state index contributed by atoms with van der Waals surface area (Å²) in [6, 6.07) is 29.1. The van der Waals surface area contributed by atoms with Gasteiger partial charge in [0.25, 0.3) is 0 Å². The van der Waals surface area contributed by atoms with Gasteiger partial charge >= 0.3 is 6.09 Å². The predicted octanol–water partition coefficient (Wildman–Crippen LogP) is 6.43. The standard InChI is InChI=1S/C30H25NO2/c1-21-17-18-22-10-2-3-12-24(22)23(21)11-8-9-19-31-30(32)33-20-29-27-15-6-4-13-25(27)26-14-5-7-16-28(26)29/h2-7,10,12-18,29H,9,19-20H2,1H3,(H,31,32). The molecule has 4 aromatic carbocycles. The summed E-state index contributed by atoms with van der Waals surface area (Å²) < 4.78 is 5.58. The van der Waals surface area contributed by atoms with Crippen LogP contribution in [0.4, 0.5) is 4.79 Å². The van der Waals surface area contributed by atoms with E-state index in [2.05, 4.69) is 72.6 Å². The summed E-state index contributed by atoms with van der Waals surface area (Å²) in [5, 5.41) is 5.17. The fourth-order valence-corrected chi connectivity index (χ4v) is 4.57. The Morgan fingerprint density at radius 1 is 0.879 bits per heavy atom. The van der Waals surface area contributed by atoms with Crippen molar-refractivity contribution in [3.8, 4) is 23.0 Å². The minimum atomic E-state index is -0.403. The molecule has 0 saturated heterocycles. The molecule has 0 saturated carbocycles. The van der Waals surface area contributed by atoms with Gasteiger partial charge in [0.2, 0.25) is 0 Å². The first kappa shape index (κ1) is 20.8. The summed E-state index contributed by atoms with van der Waals surface area (Å²) in [4.78, 5) is 12.3. The van der Waals surface area contributed by atoms with Crippen LogP contribution in [0.2, 0.25) is 0 Å². The highest BCUT2D eigenvalue weighted by molar-refractivity contribution is 5.89. The molecule has 1 N–H and O–H groups in total. The van der Waals surface area contributed by atoms with Crippen molar-refractivity contribution >= 4 is 16.9 Å². The summed E-state index contributed by atoms with van der Waals surface area (Å²) in [7, 11) is 0. The van der Waals surface area contributed by atoms with E-state index in [1.165, 1.54) is 27.6 Å². The second-order valence-corrected chi connectivity index (χ2v) is 8.28. The predicted molar refractivity (Wildman–Crippen MR) is 133 cm³/mol. The van der Waals surface area contributed by atoms with Crippen molar-refractivity contribution in [2.75, 3.05) is 13.2 Å². The molecule has 0 bridgehead atoms. The molecule has 33 heavy (non-hydrogen) atoms. The Bertz CT molecular complexity index is 1350. The van der Waals surface area contributed by atoms with Gasteiger partial charge < -0.3 is 10.1 Å². The molecule has 1 aliphatic rings. The second-order valence-electron chi connectivity index (χ2n) is 8.28. The van der Waals surface area contributed by atoms with Crippen LogP contribution in [0, 0.1) is 18.8 Å². The fourth-order valence-electron chi connectivity index (χ4n) is 4.57. The minimum Gasteiger partial charge on any atom is -0.449 e. The van der Waals surface area contributed by atoms with Crippen LogP contribution in [0.5, 0.6) is 0 Å². The van der Waals surface area contributed by atoms with Crippen LogP contribution in [-0.4, -0.2) is 19.2 Å². The molecular weight excluding hydrogens is 406 g/mol. The van der Waals surface area contributed by atoms with Crippen LogP contribution < -0.4 is 5.32 Å². The van der Waals surface area contributed by atoms with Gasteiger partial charge in [-0.3, -0.25) is 0 Å². The largest absolute Gasteiger partial charge is 0.449 e. The Hall–Kier alpha value is -4.03. The summed E-state index contributed by atoms with van der Waals surface area (Å²) in [6.45, 7) is 2.85. The number of ether oxygens (including phenoxy) is 1. The van der Waals surface area contributed by atoms with E-state index in [0.717, 1.165) is 16.5 Å². The first-order valence-electron chi connectivity index (χ1n) is 11.3. The Morgan fingerprint density at radius 2 is 1.55 bits per heavy atom. The minimum absolute atomic E-state index is 0.0669. The molecule has 4 aromatic rings. The molecule has 162 valence electrons. The van der Waals surface area contributed by atoms with Crippen LogP contribution in [0.3, 0.4) is 0 Å². The quantitative estimate of drug-likeness (QED) is 0.299. The molecule has 5 rings (SSSR count). The van der Waals surface area contributed by atoms with E-state index in [1.54, 1.807) is 0 Å². The van der Waals surface area contributed by atoms with Crippen LogP contribution in [0.15, 0.2) is 84.9 Å². The maximum Gasteiger partial charge on any atom is 0.407 e. The number of aryl methyl sites for hydroxylation is 1. The van der Waals surface area contributed by atoms with Gasteiger partial charge in [-0.15, -0.1) is 0 Å². The molecule has 3 heteroatoms. The van der Waals surface area contributed by atoms with Crippen LogP contribution in [0.25, 0.3) is 21.9 Å². The molecule has 0 heterocycles. The van der Waals surface area contributed by atoms with Crippen molar-refractivity contribution in [1.29, 1.82) is 0 Å². The number of fused-ring (bicyclic) bond motifs is 4. The number of alkyl carbamates (subject to hydrolysis) is 1. The first-order valence-corrected chi connectivity index (χ1v) is 11.3. The Balaban J connectivity index is 1.17. The van der Waals surface area contributed by atoms with Gasteiger partial charge in [0.05, 0.1) is 0 Å². The number of benzene rings is 4. The van der Waals surface area contributed by atoms with Gasteiger partial charge in [0, 0.05) is 24.4 Å². The first-order chi connectivity index (χ1) is 16.2. The number of nitrogens with one attached hydrogen (secondary N) is 1. The molecule has 0 aliphatic heterocycles. The van der Waals surface area contributed by atoms with Gasteiger partial charge in [-0.2, -0.15) is 0 Å². The van der Waals surface area contributed by atoms with E-state index in [1.807, 2.05) is 36.4 Å². The number of carbonyl (C=O) groups excluding carboxylic acids is 1. The summed E-state index contributed by atoms with van der Waals surface area (Å²) in [5.41, 5.74) is 7.08. The summed E-state index contributed by atoms with van der Waals surface area (Å²) in [6.07, 6.45) is 0.160. The number of hydrogen-bond donors (Lipinski definition) is 1. The van der Waals surface area contributed by atoms with Gasteiger partial charge in [-0.1, -0.05) is 96.8 Å². The van der Waals surface area contributed by atoms with Crippen LogP contribution in [-0.2, 0) is 4.74 Å². The maximum atomic E-state index is 12.3. The molecule has 0 atom stereocenters. The van der Waals surface area contributed by atoms with Gasteiger partial charge in [0.1, 0.15) is 6.61 Å². The number of rotatable bonds is 4. The van der Waals surface area contributed by atoms with E-state index in [-0.39, 0.29) is 5.92 Å². The van der Waals surface area contributed by atoms with Gasteiger partial charge in [-0.25, -0.2) is 4.79 Å². The zero-order valence-corrected chi connectivity index (χ0v) is 18.6. The maximum absolute atomic E-state index is 12.3. The third kappa shape index (κ3) is 4.21. The van der Waals surface area contributed by atoms with Crippen molar-refractivity contribution in [3.63, 3.8) is 0 Å². The highest BCUT2D eigenvalue weighted by atomic mass is 16.5. The SMILES string of the molecule is Cc1ccc2ccccc2c1C#CCCNC(=O)OCC1c2ccccc2-c2ccccc21. The molecule has 0 unspecified atom stereocenters. The molecular formula is C30H25NO2. The van der Waals surface area contributed by atoms with E-state index in [9.17, 15) is 4.79 Å². The average molecular weight is 432 g/mol. The third-order valence-corrected chi connectivity index (χ3v) is 6.21. The smallest absolute Gasteiger partial charge is 0.407 e. The van der Waals surface area contributed by atoms with E-state index in [0.29, 0.717) is 19.6 Å². The lowest BCUT2D eigenvalue weighted by atomic mass is 9.98. The van der Waals surface area contributed by atoms with Crippen LogP contribution in [0.1, 0.15) is 34.6 Å². The van der Waals surface area contributed by atoms with E-state index in [4.69, 9.17) is 4.74 Å². The Kier molecular flexibility index (Phi) is 5.83. The topological polar surface area (TPSA) is 38.3 Å². The van der Waals surface area contributed by atoms with Crippen molar-refractivity contribution in [2.24, 2.45) is 0 Å². The number of hydrogen-bond acceptors (Lipinski definition) is 2. The van der Waals surface area contributed by atoms with Crippen LogP contribution >= 0.6 is 0 Å². The zero-order chi connectivity index (χ0) is 22.6. The second kappa shape index (κ2) is 9.22. The van der Waals surface area contributed by atoms with Gasteiger partial charge in [-0.05, 0) is 45.5 Å². The fraction of sp³-hybridized carbons (Fsp3) is 0.167. The van der Waals surface area contributed by atoms with Crippen molar-refractivity contribution in [1.82, 2.24) is 5.32 Å².